The van der Waals surface area contributed by atoms with E-state index in [0.717, 1.165) is 12.8 Å². The molecule has 1 aliphatic heterocycles. The molecule has 2 atom stereocenters. The van der Waals surface area contributed by atoms with Gasteiger partial charge in [-0.1, -0.05) is 35.5 Å². The summed E-state index contributed by atoms with van der Waals surface area (Å²) in [5.74, 6) is 0.504. The standard InChI is InChI=1S/C19H24N2O4/c1-14-16(13-20-25-14)19(22)21-9-8-18(24-11-10-23-2)17(21)12-15-6-4-3-5-7-15/h3-7,13,17-18H,8-12H2,1-2H3/t17-,18+/m0/s1. The van der Waals surface area contributed by atoms with Gasteiger partial charge in [0, 0.05) is 13.7 Å². The van der Waals surface area contributed by atoms with Crippen molar-refractivity contribution in [3.05, 3.63) is 53.4 Å². The molecule has 1 aromatic carbocycles. The van der Waals surface area contributed by atoms with Crippen molar-refractivity contribution >= 4 is 5.91 Å². The second kappa shape index (κ2) is 8.27. The largest absolute Gasteiger partial charge is 0.382 e. The zero-order chi connectivity index (χ0) is 17.6. The van der Waals surface area contributed by atoms with Gasteiger partial charge >= 0.3 is 0 Å². The molecule has 2 aromatic rings. The Hall–Kier alpha value is -2.18. The predicted octanol–water partition coefficient (Wildman–Crippen LogP) is 2.47. The molecule has 134 valence electrons. The van der Waals surface area contributed by atoms with Gasteiger partial charge in [-0.15, -0.1) is 0 Å². The van der Waals surface area contributed by atoms with E-state index in [2.05, 4.69) is 17.3 Å². The monoisotopic (exact) mass is 344 g/mol. The van der Waals surface area contributed by atoms with Crippen molar-refractivity contribution in [1.29, 1.82) is 0 Å². The lowest BCUT2D eigenvalue weighted by molar-refractivity contribution is 0.000473. The molecule has 1 aromatic heterocycles. The fourth-order valence-corrected chi connectivity index (χ4v) is 3.31. The first-order valence-corrected chi connectivity index (χ1v) is 8.57. The van der Waals surface area contributed by atoms with Crippen molar-refractivity contribution in [2.45, 2.75) is 31.9 Å². The number of aryl methyl sites for hydroxylation is 1. The first-order valence-electron chi connectivity index (χ1n) is 8.57. The van der Waals surface area contributed by atoms with E-state index in [9.17, 15) is 4.79 Å². The van der Waals surface area contributed by atoms with Gasteiger partial charge in [-0.3, -0.25) is 4.79 Å². The van der Waals surface area contributed by atoms with Gasteiger partial charge in [0.15, 0.2) is 0 Å². The number of hydrogen-bond donors (Lipinski definition) is 0. The van der Waals surface area contributed by atoms with Gasteiger partial charge in [-0.2, -0.15) is 0 Å². The highest BCUT2D eigenvalue weighted by molar-refractivity contribution is 5.95. The summed E-state index contributed by atoms with van der Waals surface area (Å²) >= 11 is 0. The molecular weight excluding hydrogens is 320 g/mol. The van der Waals surface area contributed by atoms with Crippen molar-refractivity contribution in [3.63, 3.8) is 0 Å². The molecule has 0 aliphatic carbocycles. The fourth-order valence-electron chi connectivity index (χ4n) is 3.31. The number of methoxy groups -OCH3 is 1. The molecule has 25 heavy (non-hydrogen) atoms. The summed E-state index contributed by atoms with van der Waals surface area (Å²) in [6.07, 6.45) is 3.07. The number of carbonyl (C=O) groups excluding carboxylic acids is 1. The highest BCUT2D eigenvalue weighted by Gasteiger charge is 2.38. The third-order valence-corrected chi connectivity index (χ3v) is 4.63. The van der Waals surface area contributed by atoms with Crippen LogP contribution in [0.5, 0.6) is 0 Å². The number of ether oxygens (including phenoxy) is 2. The first-order chi connectivity index (χ1) is 12.2. The molecule has 1 amide bonds. The van der Waals surface area contributed by atoms with E-state index in [4.69, 9.17) is 14.0 Å². The summed E-state index contributed by atoms with van der Waals surface area (Å²) in [5.41, 5.74) is 1.71. The molecule has 1 aliphatic rings. The zero-order valence-electron chi connectivity index (χ0n) is 14.7. The summed E-state index contributed by atoms with van der Waals surface area (Å²) in [6, 6.07) is 10.2. The minimum Gasteiger partial charge on any atom is -0.382 e. The van der Waals surface area contributed by atoms with Crippen molar-refractivity contribution in [1.82, 2.24) is 10.1 Å². The van der Waals surface area contributed by atoms with Crippen molar-refractivity contribution < 1.29 is 18.8 Å². The zero-order valence-corrected chi connectivity index (χ0v) is 14.7. The van der Waals surface area contributed by atoms with Gasteiger partial charge in [0.2, 0.25) is 0 Å². The Labute approximate surface area is 147 Å². The van der Waals surface area contributed by atoms with Crippen LogP contribution in [0, 0.1) is 6.92 Å². The number of likely N-dealkylation sites (tertiary alicyclic amines) is 1. The van der Waals surface area contributed by atoms with Crippen LogP contribution in [0.15, 0.2) is 41.1 Å². The summed E-state index contributed by atoms with van der Waals surface area (Å²) in [5, 5.41) is 3.73. The molecule has 0 saturated carbocycles. The summed E-state index contributed by atoms with van der Waals surface area (Å²) in [6.45, 7) is 3.50. The molecule has 0 radical (unpaired) electrons. The van der Waals surface area contributed by atoms with Gasteiger partial charge in [-0.05, 0) is 25.3 Å². The van der Waals surface area contributed by atoms with Crippen LogP contribution in [-0.2, 0) is 15.9 Å². The van der Waals surface area contributed by atoms with E-state index >= 15 is 0 Å². The van der Waals surface area contributed by atoms with Gasteiger partial charge < -0.3 is 18.9 Å². The summed E-state index contributed by atoms with van der Waals surface area (Å²) in [4.78, 5) is 14.8. The Balaban J connectivity index is 1.78. The molecule has 1 saturated heterocycles. The SMILES string of the molecule is COCCO[C@@H]1CCN(C(=O)c2cnoc2C)[C@H]1Cc1ccccc1. The third kappa shape index (κ3) is 4.08. The molecule has 6 nitrogen and oxygen atoms in total. The first kappa shape index (κ1) is 17.6. The number of benzene rings is 1. The van der Waals surface area contributed by atoms with E-state index in [-0.39, 0.29) is 18.1 Å². The highest BCUT2D eigenvalue weighted by atomic mass is 16.5. The molecule has 6 heteroatoms. The number of rotatable bonds is 7. The van der Waals surface area contributed by atoms with Gasteiger partial charge in [0.1, 0.15) is 11.3 Å². The Morgan fingerprint density at radius 3 is 2.80 bits per heavy atom. The van der Waals surface area contributed by atoms with E-state index in [0.29, 0.717) is 31.1 Å². The Morgan fingerprint density at radius 2 is 2.12 bits per heavy atom. The van der Waals surface area contributed by atoms with Crippen LogP contribution >= 0.6 is 0 Å². The lowest BCUT2D eigenvalue weighted by Crippen LogP contribution is -2.42. The number of amides is 1. The van der Waals surface area contributed by atoms with E-state index < -0.39 is 0 Å². The summed E-state index contributed by atoms with van der Waals surface area (Å²) < 4.78 is 16.1. The van der Waals surface area contributed by atoms with Crippen molar-refractivity contribution in [2.24, 2.45) is 0 Å². The lowest BCUT2D eigenvalue weighted by Gasteiger charge is -2.28. The number of aromatic nitrogens is 1. The average Bonchev–Trinajstić information content (AvgIpc) is 3.22. The molecule has 0 spiro atoms. The molecule has 0 N–H and O–H groups in total. The molecule has 1 fully saturated rings. The van der Waals surface area contributed by atoms with Gasteiger partial charge in [0.25, 0.3) is 5.91 Å². The van der Waals surface area contributed by atoms with Crippen LogP contribution in [0.3, 0.4) is 0 Å². The second-order valence-electron chi connectivity index (χ2n) is 6.24. The van der Waals surface area contributed by atoms with Crippen molar-refractivity contribution in [3.8, 4) is 0 Å². The Morgan fingerprint density at radius 1 is 1.32 bits per heavy atom. The van der Waals surface area contributed by atoms with Crippen LogP contribution in [0.2, 0.25) is 0 Å². The molecule has 0 unspecified atom stereocenters. The minimum atomic E-state index is -0.0440. The maximum atomic E-state index is 13.0. The van der Waals surface area contributed by atoms with Gasteiger partial charge in [0.05, 0.1) is 31.6 Å². The molecule has 3 rings (SSSR count). The van der Waals surface area contributed by atoms with Crippen LogP contribution in [-0.4, -0.2) is 55.0 Å². The number of hydrogen-bond acceptors (Lipinski definition) is 5. The van der Waals surface area contributed by atoms with Crippen LogP contribution in [0.1, 0.15) is 28.1 Å². The minimum absolute atomic E-state index is 0.000488. The van der Waals surface area contributed by atoms with E-state index in [1.807, 2.05) is 23.1 Å². The smallest absolute Gasteiger partial charge is 0.259 e. The van der Waals surface area contributed by atoms with Crippen LogP contribution in [0.25, 0.3) is 0 Å². The maximum Gasteiger partial charge on any atom is 0.259 e. The fraction of sp³-hybridized carbons (Fsp3) is 0.474. The molecule has 2 heterocycles. The normalized spacial score (nSPS) is 20.2. The quantitative estimate of drug-likeness (QED) is 0.722. The average molecular weight is 344 g/mol. The van der Waals surface area contributed by atoms with Crippen molar-refractivity contribution in [2.75, 3.05) is 26.9 Å². The van der Waals surface area contributed by atoms with Gasteiger partial charge in [-0.25, -0.2) is 0 Å². The van der Waals surface area contributed by atoms with Crippen LogP contribution in [0.4, 0.5) is 0 Å². The Kier molecular flexibility index (Phi) is 5.83. The predicted molar refractivity (Wildman–Crippen MR) is 92.4 cm³/mol. The highest BCUT2D eigenvalue weighted by Crippen LogP contribution is 2.27. The molecule has 0 bridgehead atoms. The number of nitrogens with zero attached hydrogens (tertiary/aromatic N) is 2. The lowest BCUT2D eigenvalue weighted by atomic mass is 10.0. The van der Waals surface area contributed by atoms with Crippen LogP contribution < -0.4 is 0 Å². The third-order valence-electron chi connectivity index (χ3n) is 4.63. The molecular formula is C19H24N2O4. The van der Waals surface area contributed by atoms with E-state index in [1.165, 1.54) is 11.8 Å². The topological polar surface area (TPSA) is 64.8 Å². The second-order valence-corrected chi connectivity index (χ2v) is 6.24. The maximum absolute atomic E-state index is 13.0. The number of carbonyl (C=O) groups is 1. The van der Waals surface area contributed by atoms with E-state index in [1.54, 1.807) is 14.0 Å². The summed E-state index contributed by atoms with van der Waals surface area (Å²) in [7, 11) is 1.66. The Bertz CT molecular complexity index is 686.